The number of nitrogens with zero attached hydrogens (tertiary/aromatic N) is 1. The van der Waals surface area contributed by atoms with Crippen LogP contribution in [0.25, 0.3) is 0 Å². The van der Waals surface area contributed by atoms with Crippen LogP contribution in [-0.4, -0.2) is 38.8 Å². The third-order valence-corrected chi connectivity index (χ3v) is 2.73. The van der Waals surface area contributed by atoms with Crippen molar-refractivity contribution in [2.24, 2.45) is 5.10 Å². The first-order valence-electron chi connectivity index (χ1n) is 6.17. The lowest BCUT2D eigenvalue weighted by Gasteiger charge is -2.09. The van der Waals surface area contributed by atoms with E-state index >= 15 is 0 Å². The lowest BCUT2D eigenvalue weighted by molar-refractivity contribution is -0.139. The second-order valence-corrected chi connectivity index (χ2v) is 4.34. The van der Waals surface area contributed by atoms with E-state index in [0.717, 1.165) is 0 Å². The van der Waals surface area contributed by atoms with Gasteiger partial charge in [-0.2, -0.15) is 5.10 Å². The molecule has 0 saturated carbocycles. The molecule has 1 aromatic rings. The molecule has 0 aliphatic carbocycles. The minimum atomic E-state index is -0.885. The van der Waals surface area contributed by atoms with Crippen LogP contribution in [0.15, 0.2) is 29.9 Å². The molecular formula is C14H16ClN3O4. The lowest BCUT2D eigenvalue weighted by Crippen LogP contribution is -2.37. The molecule has 0 aromatic heterocycles. The molecule has 0 radical (unpaired) electrons. The molecule has 0 saturated heterocycles. The van der Waals surface area contributed by atoms with Gasteiger partial charge < -0.3 is 14.8 Å². The Bertz CT molecular complexity index is 602. The first kappa shape index (κ1) is 17.5. The number of methoxy groups -OCH3 is 2. The SMILES string of the molecule is C=CCNC(=O)C(=O)N/N=C\c1cc(Cl)c(OC)c(OC)c1. The van der Waals surface area contributed by atoms with Crippen LogP contribution in [0.3, 0.4) is 0 Å². The topological polar surface area (TPSA) is 89.0 Å². The quantitative estimate of drug-likeness (QED) is 0.355. The van der Waals surface area contributed by atoms with E-state index in [-0.39, 0.29) is 6.54 Å². The van der Waals surface area contributed by atoms with Gasteiger partial charge in [0.25, 0.3) is 0 Å². The first-order chi connectivity index (χ1) is 10.5. The van der Waals surface area contributed by atoms with Gasteiger partial charge in [-0.15, -0.1) is 6.58 Å². The highest BCUT2D eigenvalue weighted by Gasteiger charge is 2.12. The normalized spacial score (nSPS) is 10.1. The number of rotatable bonds is 6. The zero-order valence-corrected chi connectivity index (χ0v) is 12.9. The Labute approximate surface area is 132 Å². The maximum absolute atomic E-state index is 11.4. The minimum Gasteiger partial charge on any atom is -0.493 e. The zero-order chi connectivity index (χ0) is 16.5. The molecule has 7 nitrogen and oxygen atoms in total. The molecule has 0 fully saturated rings. The summed E-state index contributed by atoms with van der Waals surface area (Å²) in [6, 6.07) is 3.20. The Morgan fingerprint density at radius 3 is 2.64 bits per heavy atom. The first-order valence-corrected chi connectivity index (χ1v) is 6.55. The predicted molar refractivity (Wildman–Crippen MR) is 83.5 cm³/mol. The number of benzene rings is 1. The second kappa shape index (κ2) is 8.68. The molecule has 22 heavy (non-hydrogen) atoms. The van der Waals surface area contributed by atoms with Crippen molar-refractivity contribution in [1.82, 2.24) is 10.7 Å². The summed E-state index contributed by atoms with van der Waals surface area (Å²) in [6.07, 6.45) is 2.78. The smallest absolute Gasteiger partial charge is 0.329 e. The predicted octanol–water partition coefficient (Wildman–Crippen LogP) is 1.11. The number of nitrogens with one attached hydrogen (secondary N) is 2. The van der Waals surface area contributed by atoms with Gasteiger partial charge in [0, 0.05) is 6.54 Å². The summed E-state index contributed by atoms with van der Waals surface area (Å²) < 4.78 is 10.2. The summed E-state index contributed by atoms with van der Waals surface area (Å²) in [6.45, 7) is 3.62. The number of amides is 2. The summed E-state index contributed by atoms with van der Waals surface area (Å²) in [7, 11) is 2.94. The molecule has 0 bridgehead atoms. The molecule has 118 valence electrons. The van der Waals surface area contributed by atoms with Crippen LogP contribution in [0.1, 0.15) is 5.56 Å². The number of hydrogen-bond acceptors (Lipinski definition) is 5. The standard InChI is InChI=1S/C14H16ClN3O4/c1-4-5-16-13(19)14(20)18-17-8-9-6-10(15)12(22-3)11(7-9)21-2/h4,6-8H,1,5H2,2-3H3,(H,16,19)(H,18,20)/b17-8-. The third-order valence-electron chi connectivity index (χ3n) is 2.45. The van der Waals surface area contributed by atoms with Crippen molar-refractivity contribution in [3.8, 4) is 11.5 Å². The molecule has 0 aliphatic rings. The van der Waals surface area contributed by atoms with Crippen molar-refractivity contribution in [3.05, 3.63) is 35.4 Å². The van der Waals surface area contributed by atoms with E-state index in [0.29, 0.717) is 22.1 Å². The fourth-order valence-corrected chi connectivity index (χ4v) is 1.77. The van der Waals surface area contributed by atoms with Crippen LogP contribution >= 0.6 is 11.6 Å². The number of ether oxygens (including phenoxy) is 2. The van der Waals surface area contributed by atoms with E-state index in [1.165, 1.54) is 26.5 Å². The van der Waals surface area contributed by atoms with Gasteiger partial charge in [-0.25, -0.2) is 5.43 Å². The molecule has 0 aliphatic heterocycles. The van der Waals surface area contributed by atoms with Crippen molar-refractivity contribution in [2.75, 3.05) is 20.8 Å². The summed E-state index contributed by atoms with van der Waals surface area (Å²) >= 11 is 6.04. The van der Waals surface area contributed by atoms with Crippen LogP contribution in [0, 0.1) is 0 Å². The van der Waals surface area contributed by atoms with Gasteiger partial charge in [0.15, 0.2) is 11.5 Å². The van der Waals surface area contributed by atoms with E-state index in [1.54, 1.807) is 12.1 Å². The second-order valence-electron chi connectivity index (χ2n) is 3.94. The van der Waals surface area contributed by atoms with Crippen molar-refractivity contribution < 1.29 is 19.1 Å². The molecule has 2 N–H and O–H groups in total. The summed E-state index contributed by atoms with van der Waals surface area (Å²) in [5, 5.41) is 6.33. The highest BCUT2D eigenvalue weighted by molar-refractivity contribution is 6.35. The lowest BCUT2D eigenvalue weighted by atomic mass is 10.2. The maximum atomic E-state index is 11.4. The van der Waals surface area contributed by atoms with E-state index < -0.39 is 11.8 Å². The van der Waals surface area contributed by atoms with Crippen LogP contribution in [0.4, 0.5) is 0 Å². The molecule has 0 heterocycles. The number of carbonyl (C=O) groups is 2. The summed E-state index contributed by atoms with van der Waals surface area (Å²) in [5.41, 5.74) is 2.66. The average Bonchev–Trinajstić information content (AvgIpc) is 2.51. The molecule has 1 rings (SSSR count). The fourth-order valence-electron chi connectivity index (χ4n) is 1.47. The van der Waals surface area contributed by atoms with Crippen molar-refractivity contribution in [1.29, 1.82) is 0 Å². The van der Waals surface area contributed by atoms with Gasteiger partial charge in [0.2, 0.25) is 0 Å². The van der Waals surface area contributed by atoms with Crippen LogP contribution < -0.4 is 20.2 Å². The van der Waals surface area contributed by atoms with Crippen LogP contribution in [0.5, 0.6) is 11.5 Å². The van der Waals surface area contributed by atoms with Gasteiger partial charge in [-0.05, 0) is 17.7 Å². The summed E-state index contributed by atoms with van der Waals surface area (Å²) in [4.78, 5) is 22.7. The maximum Gasteiger partial charge on any atom is 0.329 e. The molecule has 0 atom stereocenters. The molecule has 2 amide bonds. The Kier molecular flexibility index (Phi) is 6.91. The fraction of sp³-hybridized carbons (Fsp3) is 0.214. The van der Waals surface area contributed by atoms with Crippen LogP contribution in [0.2, 0.25) is 5.02 Å². The number of hydrogen-bond donors (Lipinski definition) is 2. The summed E-state index contributed by atoms with van der Waals surface area (Å²) in [5.74, 6) is -0.868. The van der Waals surface area contributed by atoms with E-state index in [9.17, 15) is 9.59 Å². The highest BCUT2D eigenvalue weighted by atomic mass is 35.5. The Morgan fingerprint density at radius 2 is 2.05 bits per heavy atom. The molecule has 1 aromatic carbocycles. The van der Waals surface area contributed by atoms with Crippen LogP contribution in [-0.2, 0) is 9.59 Å². The molecular weight excluding hydrogens is 310 g/mol. The van der Waals surface area contributed by atoms with Crippen molar-refractivity contribution in [2.45, 2.75) is 0 Å². The largest absolute Gasteiger partial charge is 0.493 e. The van der Waals surface area contributed by atoms with E-state index in [4.69, 9.17) is 21.1 Å². The van der Waals surface area contributed by atoms with Gasteiger partial charge in [-0.1, -0.05) is 17.7 Å². The van der Waals surface area contributed by atoms with E-state index in [1.807, 2.05) is 0 Å². The molecule has 0 unspecified atom stereocenters. The Hall–Kier alpha value is -2.54. The van der Waals surface area contributed by atoms with Crippen molar-refractivity contribution in [3.63, 3.8) is 0 Å². The molecule has 0 spiro atoms. The minimum absolute atomic E-state index is 0.196. The monoisotopic (exact) mass is 325 g/mol. The number of hydrazone groups is 1. The number of halogens is 1. The van der Waals surface area contributed by atoms with Crippen molar-refractivity contribution >= 4 is 29.6 Å². The van der Waals surface area contributed by atoms with E-state index in [2.05, 4.69) is 22.4 Å². The Morgan fingerprint density at radius 1 is 1.32 bits per heavy atom. The average molecular weight is 326 g/mol. The van der Waals surface area contributed by atoms with Gasteiger partial charge in [0.05, 0.1) is 25.5 Å². The van der Waals surface area contributed by atoms with Gasteiger partial charge in [-0.3, -0.25) is 9.59 Å². The molecule has 8 heteroatoms. The van der Waals surface area contributed by atoms with Gasteiger partial charge >= 0.3 is 11.8 Å². The number of carbonyl (C=O) groups excluding carboxylic acids is 2. The highest BCUT2D eigenvalue weighted by Crippen LogP contribution is 2.35. The third kappa shape index (κ3) is 4.78. The Balaban J connectivity index is 2.74. The zero-order valence-electron chi connectivity index (χ0n) is 12.2. The van der Waals surface area contributed by atoms with Gasteiger partial charge in [0.1, 0.15) is 0 Å².